The van der Waals surface area contributed by atoms with Gasteiger partial charge in [-0.3, -0.25) is 4.79 Å². The van der Waals surface area contributed by atoms with Crippen LogP contribution in [0.1, 0.15) is 11.1 Å². The second kappa shape index (κ2) is 9.78. The van der Waals surface area contributed by atoms with E-state index < -0.39 is 23.9 Å². The third kappa shape index (κ3) is 5.31. The summed E-state index contributed by atoms with van der Waals surface area (Å²) in [5.74, 6) is -0.941. The molecule has 1 aromatic heterocycles. The average Bonchev–Trinajstić information content (AvgIpc) is 3.21. The first-order valence-electron chi connectivity index (χ1n) is 10.2. The number of hydrogen-bond donors (Lipinski definition) is 3. The molecule has 3 aromatic carbocycles. The zero-order valence-corrected chi connectivity index (χ0v) is 17.2. The third-order valence-corrected chi connectivity index (χ3v) is 5.01. The second-order valence-electron chi connectivity index (χ2n) is 7.32. The molecule has 1 atom stereocenters. The molecule has 4 aromatic rings. The summed E-state index contributed by atoms with van der Waals surface area (Å²) in [5, 5.41) is 6.26. The number of aromatic amines is 1. The molecule has 0 radical (unpaired) electrons. The molecule has 4 rings (SSSR count). The minimum absolute atomic E-state index is 0.0813. The largest absolute Gasteiger partial charge is 0.445 e. The van der Waals surface area contributed by atoms with Gasteiger partial charge in [-0.25, -0.2) is 9.18 Å². The van der Waals surface area contributed by atoms with Crippen LogP contribution in [0, 0.1) is 5.82 Å². The van der Waals surface area contributed by atoms with E-state index in [2.05, 4.69) is 15.6 Å². The lowest BCUT2D eigenvalue weighted by molar-refractivity contribution is -0.118. The number of halogens is 1. The number of rotatable bonds is 7. The second-order valence-corrected chi connectivity index (χ2v) is 7.32. The molecule has 162 valence electrons. The summed E-state index contributed by atoms with van der Waals surface area (Å²) in [6.45, 7) is 0.0813. The number of hydrogen-bond acceptors (Lipinski definition) is 3. The van der Waals surface area contributed by atoms with Crippen molar-refractivity contribution in [1.82, 2.24) is 10.3 Å². The van der Waals surface area contributed by atoms with Crippen LogP contribution in [0.25, 0.3) is 10.9 Å². The van der Waals surface area contributed by atoms with Gasteiger partial charge in [-0.2, -0.15) is 0 Å². The highest BCUT2D eigenvalue weighted by Gasteiger charge is 2.23. The molecule has 2 amide bonds. The van der Waals surface area contributed by atoms with Crippen molar-refractivity contribution in [3.05, 3.63) is 102 Å². The normalized spacial score (nSPS) is 11.7. The fourth-order valence-electron chi connectivity index (χ4n) is 3.43. The highest BCUT2D eigenvalue weighted by atomic mass is 19.1. The SMILES string of the molecule is O=C(N[C@@H](Cc1c[nH]c2ccccc12)C(=O)Nc1cccc(F)c1)OCc1ccccc1. The summed E-state index contributed by atoms with van der Waals surface area (Å²) in [7, 11) is 0. The van der Waals surface area contributed by atoms with Crippen molar-refractivity contribution < 1.29 is 18.7 Å². The van der Waals surface area contributed by atoms with Gasteiger partial charge in [0.1, 0.15) is 18.5 Å². The van der Waals surface area contributed by atoms with E-state index in [9.17, 15) is 14.0 Å². The van der Waals surface area contributed by atoms with Gasteiger partial charge >= 0.3 is 6.09 Å². The molecule has 1 heterocycles. The van der Waals surface area contributed by atoms with Crippen molar-refractivity contribution in [2.75, 3.05) is 5.32 Å². The summed E-state index contributed by atoms with van der Waals surface area (Å²) in [6.07, 6.45) is 1.32. The molecule has 0 bridgehead atoms. The van der Waals surface area contributed by atoms with E-state index in [0.29, 0.717) is 5.69 Å². The Bertz CT molecular complexity index is 1220. The van der Waals surface area contributed by atoms with Crippen molar-refractivity contribution in [3.63, 3.8) is 0 Å². The topological polar surface area (TPSA) is 83.2 Å². The first-order chi connectivity index (χ1) is 15.6. The molecular formula is C25H22FN3O3. The Balaban J connectivity index is 1.50. The van der Waals surface area contributed by atoms with Gasteiger partial charge in [0.15, 0.2) is 0 Å². The highest BCUT2D eigenvalue weighted by molar-refractivity contribution is 5.97. The van der Waals surface area contributed by atoms with Gasteiger partial charge in [-0.1, -0.05) is 54.6 Å². The number of nitrogens with one attached hydrogen (secondary N) is 3. The van der Waals surface area contributed by atoms with E-state index in [-0.39, 0.29) is 13.0 Å². The third-order valence-electron chi connectivity index (χ3n) is 5.01. The van der Waals surface area contributed by atoms with E-state index in [4.69, 9.17) is 4.74 Å². The number of amides is 2. The van der Waals surface area contributed by atoms with E-state index >= 15 is 0 Å². The number of ether oxygens (including phenoxy) is 1. The Morgan fingerprint density at radius 3 is 2.56 bits per heavy atom. The van der Waals surface area contributed by atoms with Gasteiger partial charge in [-0.15, -0.1) is 0 Å². The van der Waals surface area contributed by atoms with E-state index in [1.807, 2.05) is 60.8 Å². The highest BCUT2D eigenvalue weighted by Crippen LogP contribution is 2.20. The Morgan fingerprint density at radius 1 is 0.969 bits per heavy atom. The summed E-state index contributed by atoms with van der Waals surface area (Å²) in [4.78, 5) is 28.6. The summed E-state index contributed by atoms with van der Waals surface area (Å²) < 4.78 is 18.8. The van der Waals surface area contributed by atoms with Crippen molar-refractivity contribution >= 4 is 28.6 Å². The first-order valence-corrected chi connectivity index (χ1v) is 10.2. The number of fused-ring (bicyclic) bond motifs is 1. The predicted octanol–water partition coefficient (Wildman–Crippen LogP) is 4.78. The molecule has 3 N–H and O–H groups in total. The quantitative estimate of drug-likeness (QED) is 0.394. The molecule has 0 unspecified atom stereocenters. The van der Waals surface area contributed by atoms with Gasteiger partial charge in [0.25, 0.3) is 0 Å². The van der Waals surface area contributed by atoms with Crippen LogP contribution in [0.3, 0.4) is 0 Å². The molecule has 0 spiro atoms. The average molecular weight is 431 g/mol. The molecule has 0 fully saturated rings. The van der Waals surface area contributed by atoms with Crippen LogP contribution in [0.4, 0.5) is 14.9 Å². The zero-order chi connectivity index (χ0) is 22.3. The Hall–Kier alpha value is -4.13. The van der Waals surface area contributed by atoms with Gasteiger partial charge in [-0.05, 0) is 35.4 Å². The van der Waals surface area contributed by atoms with Gasteiger partial charge in [0.05, 0.1) is 0 Å². The van der Waals surface area contributed by atoms with Crippen molar-refractivity contribution in [1.29, 1.82) is 0 Å². The molecule has 0 aliphatic rings. The molecule has 0 aliphatic carbocycles. The maximum absolute atomic E-state index is 13.5. The molecule has 7 heteroatoms. The molecular weight excluding hydrogens is 409 g/mol. The maximum Gasteiger partial charge on any atom is 0.408 e. The maximum atomic E-state index is 13.5. The number of alkyl carbamates (subject to hydrolysis) is 1. The number of H-pyrrole nitrogens is 1. The lowest BCUT2D eigenvalue weighted by Crippen LogP contribution is -2.45. The summed E-state index contributed by atoms with van der Waals surface area (Å²) >= 11 is 0. The Labute approximate surface area is 184 Å². The van der Waals surface area contributed by atoms with Crippen LogP contribution in [-0.2, 0) is 22.6 Å². The lowest BCUT2D eigenvalue weighted by atomic mass is 10.0. The van der Waals surface area contributed by atoms with Gasteiger partial charge in [0.2, 0.25) is 5.91 Å². The van der Waals surface area contributed by atoms with E-state index in [0.717, 1.165) is 22.0 Å². The minimum Gasteiger partial charge on any atom is -0.445 e. The van der Waals surface area contributed by atoms with Crippen LogP contribution < -0.4 is 10.6 Å². The van der Waals surface area contributed by atoms with E-state index in [1.54, 1.807) is 6.07 Å². The lowest BCUT2D eigenvalue weighted by Gasteiger charge is -2.18. The molecule has 0 saturated heterocycles. The number of aromatic nitrogens is 1. The van der Waals surface area contributed by atoms with Crippen LogP contribution in [0.5, 0.6) is 0 Å². The zero-order valence-electron chi connectivity index (χ0n) is 17.2. The van der Waals surface area contributed by atoms with Gasteiger partial charge in [0, 0.05) is 29.2 Å². The molecule has 0 saturated carbocycles. The number of carbonyl (C=O) groups is 2. The first kappa shape index (κ1) is 21.1. The monoisotopic (exact) mass is 431 g/mol. The number of para-hydroxylation sites is 1. The van der Waals surface area contributed by atoms with Crippen LogP contribution >= 0.6 is 0 Å². The smallest absolute Gasteiger partial charge is 0.408 e. The summed E-state index contributed by atoms with van der Waals surface area (Å²) in [6, 6.07) is 21.6. The van der Waals surface area contributed by atoms with Crippen LogP contribution in [0.2, 0.25) is 0 Å². The Morgan fingerprint density at radius 2 is 1.75 bits per heavy atom. The number of carbonyl (C=O) groups excluding carboxylic acids is 2. The van der Waals surface area contributed by atoms with Crippen molar-refractivity contribution in [2.45, 2.75) is 19.1 Å². The minimum atomic E-state index is -0.930. The van der Waals surface area contributed by atoms with Crippen molar-refractivity contribution in [2.24, 2.45) is 0 Å². The Kier molecular flexibility index (Phi) is 6.46. The van der Waals surface area contributed by atoms with Crippen LogP contribution in [0.15, 0.2) is 85.1 Å². The fourth-order valence-corrected chi connectivity index (χ4v) is 3.43. The fraction of sp³-hybridized carbons (Fsp3) is 0.120. The molecule has 0 aliphatic heterocycles. The summed E-state index contributed by atoms with van der Waals surface area (Å²) in [5.41, 5.74) is 2.93. The van der Waals surface area contributed by atoms with E-state index in [1.165, 1.54) is 18.2 Å². The molecule has 6 nitrogen and oxygen atoms in total. The van der Waals surface area contributed by atoms with Crippen molar-refractivity contribution in [3.8, 4) is 0 Å². The van der Waals surface area contributed by atoms with Crippen LogP contribution in [-0.4, -0.2) is 23.0 Å². The predicted molar refractivity (Wildman–Crippen MR) is 121 cm³/mol. The molecule has 32 heavy (non-hydrogen) atoms. The van der Waals surface area contributed by atoms with Gasteiger partial charge < -0.3 is 20.4 Å². The standard InChI is InChI=1S/C25H22FN3O3/c26-19-9-6-10-20(14-19)28-24(30)23(13-18-15-27-22-12-5-4-11-21(18)22)29-25(31)32-16-17-7-2-1-3-8-17/h1-12,14-15,23,27H,13,16H2,(H,28,30)(H,29,31)/t23-/m0/s1. The number of anilines is 1. The number of benzene rings is 3.